The molecule has 0 amide bonds. The first-order valence-electron chi connectivity index (χ1n) is 8.21. The Morgan fingerprint density at radius 3 is 2.38 bits per heavy atom. The molecule has 0 aliphatic heterocycles. The molecule has 0 unspecified atom stereocenters. The Labute approximate surface area is 142 Å². The van der Waals surface area contributed by atoms with Crippen LogP contribution in [0.1, 0.15) is 29.3 Å². The molecule has 2 aromatic rings. The highest BCUT2D eigenvalue weighted by atomic mass is 16.5. The van der Waals surface area contributed by atoms with E-state index in [4.69, 9.17) is 4.74 Å². The van der Waals surface area contributed by atoms with Gasteiger partial charge in [-0.15, -0.1) is 0 Å². The summed E-state index contributed by atoms with van der Waals surface area (Å²) in [5, 5.41) is 3.04. The summed E-state index contributed by atoms with van der Waals surface area (Å²) in [7, 11) is 0. The van der Waals surface area contributed by atoms with Crippen LogP contribution in [0, 0.1) is 0 Å². The summed E-state index contributed by atoms with van der Waals surface area (Å²) < 4.78 is 5.37. The molecule has 126 valence electrons. The van der Waals surface area contributed by atoms with Crippen LogP contribution in [-0.4, -0.2) is 31.3 Å². The van der Waals surface area contributed by atoms with E-state index in [1.165, 1.54) is 0 Å². The maximum atomic E-state index is 12.0. The van der Waals surface area contributed by atoms with E-state index < -0.39 is 0 Å². The van der Waals surface area contributed by atoms with Crippen molar-refractivity contribution in [2.24, 2.45) is 0 Å². The van der Waals surface area contributed by atoms with Crippen molar-refractivity contribution in [1.82, 2.24) is 5.32 Å². The summed E-state index contributed by atoms with van der Waals surface area (Å²) >= 11 is 0. The number of Topliss-reactive ketones (excluding diaryl/α,β-unsaturated/α-hetero) is 2. The van der Waals surface area contributed by atoms with Gasteiger partial charge in [-0.2, -0.15) is 0 Å². The Balaban J connectivity index is 1.67. The first kappa shape index (κ1) is 17.9. The average Bonchev–Trinajstić information content (AvgIpc) is 2.61. The molecule has 1 N–H and O–H groups in total. The minimum Gasteiger partial charge on any atom is -0.494 e. The van der Waals surface area contributed by atoms with Gasteiger partial charge in [-0.3, -0.25) is 9.59 Å². The first-order valence-corrected chi connectivity index (χ1v) is 8.21. The Bertz CT molecular complexity index is 650. The number of benzene rings is 2. The fourth-order valence-corrected chi connectivity index (χ4v) is 2.36. The Kier molecular flexibility index (Phi) is 7.18. The van der Waals surface area contributed by atoms with Gasteiger partial charge in [-0.05, 0) is 24.6 Å². The van der Waals surface area contributed by atoms with Crippen LogP contribution in [0.2, 0.25) is 0 Å². The molecular weight excluding hydrogens is 302 g/mol. The number of carbonyl (C=O) groups excluding carboxylic acids is 2. The zero-order valence-electron chi connectivity index (χ0n) is 14.0. The number of nitrogens with one attached hydrogen (secondary N) is 1. The van der Waals surface area contributed by atoms with Crippen LogP contribution in [0.15, 0.2) is 54.6 Å². The molecule has 2 aromatic carbocycles. The number of hydrogen-bond acceptors (Lipinski definition) is 4. The molecule has 0 bridgehead atoms. The lowest BCUT2D eigenvalue weighted by atomic mass is 10.1. The molecule has 4 heteroatoms. The summed E-state index contributed by atoms with van der Waals surface area (Å²) in [5.74, 6) is 1.000. The Morgan fingerprint density at radius 2 is 1.71 bits per heavy atom. The maximum absolute atomic E-state index is 12.0. The van der Waals surface area contributed by atoms with Crippen molar-refractivity contribution in [2.75, 3.05) is 19.7 Å². The van der Waals surface area contributed by atoms with Crippen LogP contribution in [0.5, 0.6) is 5.75 Å². The predicted octanol–water partition coefficient (Wildman–Crippen LogP) is 3.06. The Hall–Kier alpha value is -2.46. The smallest absolute Gasteiger partial charge is 0.164 e. The average molecular weight is 325 g/mol. The second-order valence-corrected chi connectivity index (χ2v) is 5.51. The number of carbonyl (C=O) groups is 2. The largest absolute Gasteiger partial charge is 0.494 e. The monoisotopic (exact) mass is 325 g/mol. The molecule has 24 heavy (non-hydrogen) atoms. The van der Waals surface area contributed by atoms with Gasteiger partial charge in [0.2, 0.25) is 0 Å². The van der Waals surface area contributed by atoms with Crippen molar-refractivity contribution < 1.29 is 14.3 Å². The van der Waals surface area contributed by atoms with Gasteiger partial charge in [0, 0.05) is 24.9 Å². The van der Waals surface area contributed by atoms with Crippen LogP contribution in [0.3, 0.4) is 0 Å². The second kappa shape index (κ2) is 9.63. The lowest BCUT2D eigenvalue weighted by Crippen LogP contribution is -2.26. The summed E-state index contributed by atoms with van der Waals surface area (Å²) in [4.78, 5) is 23.9. The van der Waals surface area contributed by atoms with E-state index in [0.29, 0.717) is 31.6 Å². The van der Waals surface area contributed by atoms with Crippen LogP contribution >= 0.6 is 0 Å². The van der Waals surface area contributed by atoms with Crippen molar-refractivity contribution in [3.8, 4) is 5.75 Å². The van der Waals surface area contributed by atoms with Crippen molar-refractivity contribution >= 4 is 11.6 Å². The molecule has 0 atom stereocenters. The van der Waals surface area contributed by atoms with Gasteiger partial charge in [0.1, 0.15) is 5.75 Å². The zero-order valence-corrected chi connectivity index (χ0v) is 14.0. The van der Waals surface area contributed by atoms with E-state index in [2.05, 4.69) is 5.32 Å². The van der Waals surface area contributed by atoms with Crippen molar-refractivity contribution in [1.29, 1.82) is 0 Å². The summed E-state index contributed by atoms with van der Waals surface area (Å²) in [6, 6.07) is 16.7. The number of hydrogen-bond donors (Lipinski definition) is 1. The molecule has 0 spiro atoms. The van der Waals surface area contributed by atoms with Gasteiger partial charge >= 0.3 is 0 Å². The number of ketones is 2. The van der Waals surface area contributed by atoms with Crippen molar-refractivity contribution in [2.45, 2.75) is 19.8 Å². The van der Waals surface area contributed by atoms with Crippen molar-refractivity contribution in [3.63, 3.8) is 0 Å². The first-order chi connectivity index (χ1) is 11.7. The molecule has 0 heterocycles. The van der Waals surface area contributed by atoms with Gasteiger partial charge in [-0.1, -0.05) is 42.5 Å². The summed E-state index contributed by atoms with van der Waals surface area (Å²) in [6.07, 6.45) is 0.770. The van der Waals surface area contributed by atoms with Crippen LogP contribution in [0.25, 0.3) is 0 Å². The van der Waals surface area contributed by atoms with E-state index in [0.717, 1.165) is 11.3 Å². The molecule has 0 fully saturated rings. The fourth-order valence-electron chi connectivity index (χ4n) is 2.36. The molecule has 4 nitrogen and oxygen atoms in total. The molecule has 0 saturated heterocycles. The minimum atomic E-state index is 0.0852. The second-order valence-electron chi connectivity index (χ2n) is 5.51. The van der Waals surface area contributed by atoms with Crippen molar-refractivity contribution in [3.05, 3.63) is 65.7 Å². The van der Waals surface area contributed by atoms with Gasteiger partial charge in [-0.25, -0.2) is 0 Å². The quantitative estimate of drug-likeness (QED) is 0.539. The third kappa shape index (κ3) is 5.97. The maximum Gasteiger partial charge on any atom is 0.164 e. The molecule has 2 rings (SSSR count). The highest BCUT2D eigenvalue weighted by molar-refractivity contribution is 5.96. The third-order valence-corrected chi connectivity index (χ3v) is 3.58. The van der Waals surface area contributed by atoms with E-state index in [-0.39, 0.29) is 18.1 Å². The molecule has 0 aliphatic rings. The topological polar surface area (TPSA) is 55.4 Å². The number of rotatable bonds is 10. The highest BCUT2D eigenvalue weighted by Crippen LogP contribution is 2.12. The normalized spacial score (nSPS) is 10.4. The van der Waals surface area contributed by atoms with E-state index in [9.17, 15) is 9.59 Å². The predicted molar refractivity (Wildman–Crippen MR) is 94.6 cm³/mol. The lowest BCUT2D eigenvalue weighted by molar-refractivity contribution is -0.117. The van der Waals surface area contributed by atoms with Crippen LogP contribution < -0.4 is 10.1 Å². The minimum absolute atomic E-state index is 0.0852. The molecule has 0 radical (unpaired) electrons. The summed E-state index contributed by atoms with van der Waals surface area (Å²) in [5.41, 5.74) is 1.67. The standard InChI is InChI=1S/C20H23NO3/c1-2-24-19-10-8-16(9-11-19)14-18(22)15-21-13-12-20(23)17-6-4-3-5-7-17/h3-11,21H,2,12-15H2,1H3. The van der Waals surface area contributed by atoms with Crippen LogP contribution in [0.4, 0.5) is 0 Å². The lowest BCUT2D eigenvalue weighted by Gasteiger charge is -2.06. The summed E-state index contributed by atoms with van der Waals surface area (Å²) in [6.45, 7) is 3.34. The molecular formula is C20H23NO3. The van der Waals surface area contributed by atoms with Gasteiger partial charge < -0.3 is 10.1 Å². The zero-order chi connectivity index (χ0) is 17.2. The third-order valence-electron chi connectivity index (χ3n) is 3.58. The van der Waals surface area contributed by atoms with Gasteiger partial charge in [0.05, 0.1) is 13.2 Å². The molecule has 0 saturated carbocycles. The van der Waals surface area contributed by atoms with Crippen LogP contribution in [-0.2, 0) is 11.2 Å². The SMILES string of the molecule is CCOc1ccc(CC(=O)CNCCC(=O)c2ccccc2)cc1. The number of ether oxygens (including phenoxy) is 1. The molecule has 0 aliphatic carbocycles. The highest BCUT2D eigenvalue weighted by Gasteiger charge is 2.06. The van der Waals surface area contributed by atoms with E-state index in [1.54, 1.807) is 12.1 Å². The van der Waals surface area contributed by atoms with E-state index >= 15 is 0 Å². The van der Waals surface area contributed by atoms with Gasteiger partial charge in [0.25, 0.3) is 0 Å². The molecule has 0 aromatic heterocycles. The van der Waals surface area contributed by atoms with Gasteiger partial charge in [0.15, 0.2) is 11.6 Å². The fraction of sp³-hybridized carbons (Fsp3) is 0.300. The van der Waals surface area contributed by atoms with E-state index in [1.807, 2.05) is 49.4 Å². The Morgan fingerprint density at radius 1 is 1.00 bits per heavy atom.